The van der Waals surface area contributed by atoms with Gasteiger partial charge in [0.05, 0.1) is 0 Å². The summed E-state index contributed by atoms with van der Waals surface area (Å²) in [6.45, 7) is 2.47. The number of likely N-dealkylation sites (N-methyl/N-ethyl adjacent to an activating group) is 1. The summed E-state index contributed by atoms with van der Waals surface area (Å²) in [6, 6.07) is 2.02. The average molecular weight is 411 g/mol. The molecule has 8 heteroatoms. The molecule has 2 aromatic rings. The summed E-state index contributed by atoms with van der Waals surface area (Å²) >= 11 is 0. The first-order chi connectivity index (χ1) is 13.7. The molecule has 0 saturated carbocycles. The Morgan fingerprint density at radius 1 is 0.724 bits per heavy atom. The minimum atomic E-state index is -1.36. The predicted molar refractivity (Wildman–Crippen MR) is 95.7 cm³/mol. The fourth-order valence-electron chi connectivity index (χ4n) is 3.01. The smallest absolute Gasteiger partial charge is 0.187 e. The minimum absolute atomic E-state index is 0.0669. The summed E-state index contributed by atoms with van der Waals surface area (Å²) in [5, 5.41) is 0. The average Bonchev–Trinajstić information content (AvgIpc) is 2.66. The number of halogens is 6. The van der Waals surface area contributed by atoms with E-state index in [1.807, 2.05) is 0 Å². The molecule has 2 aromatic carbocycles. The molecule has 1 aliphatic heterocycles. The number of hydrogen-bond donors (Lipinski definition) is 0. The number of piperidine rings is 1. The fraction of sp³-hybridized carbons (Fsp3) is 0.190. The van der Waals surface area contributed by atoms with E-state index in [4.69, 9.17) is 0 Å². The van der Waals surface area contributed by atoms with Crippen molar-refractivity contribution in [1.82, 2.24) is 4.90 Å². The highest BCUT2D eigenvalue weighted by Gasteiger charge is 2.26. The van der Waals surface area contributed by atoms with Crippen molar-refractivity contribution in [1.29, 1.82) is 0 Å². The van der Waals surface area contributed by atoms with Gasteiger partial charge in [-0.25, -0.2) is 26.3 Å². The van der Waals surface area contributed by atoms with Gasteiger partial charge in [0.1, 0.15) is 11.6 Å². The first-order valence-corrected chi connectivity index (χ1v) is 8.67. The zero-order valence-electron chi connectivity index (χ0n) is 15.2. The van der Waals surface area contributed by atoms with Crippen LogP contribution in [0.3, 0.4) is 0 Å². The Balaban J connectivity index is 2.04. The molecule has 0 amide bonds. The van der Waals surface area contributed by atoms with Crippen LogP contribution in [-0.2, 0) is 4.79 Å². The largest absolute Gasteiger partial charge is 0.295 e. The summed E-state index contributed by atoms with van der Waals surface area (Å²) < 4.78 is 81.0. The number of carbonyl (C=O) groups is 1. The van der Waals surface area contributed by atoms with Gasteiger partial charge < -0.3 is 0 Å². The molecule has 152 valence electrons. The second-order valence-corrected chi connectivity index (χ2v) is 6.55. The van der Waals surface area contributed by atoms with Crippen LogP contribution in [0.15, 0.2) is 35.4 Å². The van der Waals surface area contributed by atoms with Gasteiger partial charge in [-0.05, 0) is 30.8 Å². The van der Waals surface area contributed by atoms with Gasteiger partial charge in [-0.15, -0.1) is 0 Å². The van der Waals surface area contributed by atoms with E-state index in [-0.39, 0.29) is 35.4 Å². The van der Waals surface area contributed by atoms with Crippen molar-refractivity contribution >= 4 is 17.9 Å². The molecule has 1 saturated heterocycles. The Hall–Kier alpha value is -2.87. The second kappa shape index (κ2) is 8.24. The van der Waals surface area contributed by atoms with Crippen molar-refractivity contribution in [3.05, 3.63) is 81.4 Å². The summed E-state index contributed by atoms with van der Waals surface area (Å²) in [4.78, 5) is 14.5. The van der Waals surface area contributed by atoms with E-state index in [0.29, 0.717) is 30.8 Å². The molecule has 0 aliphatic carbocycles. The van der Waals surface area contributed by atoms with Crippen LogP contribution in [0.25, 0.3) is 12.2 Å². The second-order valence-electron chi connectivity index (χ2n) is 6.55. The lowest BCUT2D eigenvalue weighted by atomic mass is 9.94. The molecule has 1 heterocycles. The van der Waals surface area contributed by atoms with Crippen molar-refractivity contribution in [2.45, 2.75) is 6.92 Å². The third kappa shape index (κ3) is 4.42. The maximum atomic E-state index is 14.0. The van der Waals surface area contributed by atoms with E-state index >= 15 is 0 Å². The lowest BCUT2D eigenvalue weighted by Crippen LogP contribution is -2.37. The molecular weight excluding hydrogens is 396 g/mol. The molecule has 1 fully saturated rings. The summed E-state index contributed by atoms with van der Waals surface area (Å²) in [5.41, 5.74) is -0.498. The number of likely N-dealkylation sites (tertiary alicyclic amines) is 1. The predicted octanol–water partition coefficient (Wildman–Crippen LogP) is 4.89. The fourth-order valence-corrected chi connectivity index (χ4v) is 3.01. The Labute approximate surface area is 162 Å². The van der Waals surface area contributed by atoms with Gasteiger partial charge in [0.25, 0.3) is 0 Å². The van der Waals surface area contributed by atoms with Crippen LogP contribution in [0.1, 0.15) is 18.1 Å². The number of ketones is 1. The van der Waals surface area contributed by atoms with Crippen LogP contribution >= 0.6 is 0 Å². The SMILES string of the molecule is CCN1C/C(=C\c2cc(F)c(F)cc2F)C(=O)/C(=C/c2cc(F)c(F)cc2F)C1. The van der Waals surface area contributed by atoms with Gasteiger partial charge in [-0.3, -0.25) is 9.69 Å². The van der Waals surface area contributed by atoms with Gasteiger partial charge in [-0.2, -0.15) is 0 Å². The highest BCUT2D eigenvalue weighted by atomic mass is 19.2. The van der Waals surface area contributed by atoms with Gasteiger partial charge in [-0.1, -0.05) is 6.92 Å². The molecule has 0 aromatic heterocycles. The van der Waals surface area contributed by atoms with Crippen molar-refractivity contribution in [3.63, 3.8) is 0 Å². The normalized spacial score (nSPS) is 18.1. The van der Waals surface area contributed by atoms with Crippen LogP contribution < -0.4 is 0 Å². The van der Waals surface area contributed by atoms with Crippen LogP contribution in [0.5, 0.6) is 0 Å². The molecule has 29 heavy (non-hydrogen) atoms. The van der Waals surface area contributed by atoms with Gasteiger partial charge >= 0.3 is 0 Å². The summed E-state index contributed by atoms with van der Waals surface area (Å²) in [7, 11) is 0. The lowest BCUT2D eigenvalue weighted by molar-refractivity contribution is -0.113. The van der Waals surface area contributed by atoms with Crippen molar-refractivity contribution in [2.24, 2.45) is 0 Å². The third-order valence-corrected chi connectivity index (χ3v) is 4.56. The van der Waals surface area contributed by atoms with Crippen LogP contribution in [0.2, 0.25) is 0 Å². The van der Waals surface area contributed by atoms with Crippen LogP contribution in [0, 0.1) is 34.9 Å². The van der Waals surface area contributed by atoms with Crippen LogP contribution in [0.4, 0.5) is 26.3 Å². The Morgan fingerprint density at radius 2 is 1.10 bits per heavy atom. The van der Waals surface area contributed by atoms with E-state index < -0.39 is 40.7 Å². The maximum absolute atomic E-state index is 14.0. The van der Waals surface area contributed by atoms with Gasteiger partial charge in [0.15, 0.2) is 29.1 Å². The Bertz CT molecular complexity index is 964. The number of benzene rings is 2. The van der Waals surface area contributed by atoms with Gasteiger partial charge in [0.2, 0.25) is 0 Å². The molecule has 0 radical (unpaired) electrons. The highest BCUT2D eigenvalue weighted by Crippen LogP contribution is 2.25. The molecule has 0 spiro atoms. The first-order valence-electron chi connectivity index (χ1n) is 8.67. The maximum Gasteiger partial charge on any atom is 0.187 e. The monoisotopic (exact) mass is 411 g/mol. The molecule has 2 nitrogen and oxygen atoms in total. The molecule has 3 rings (SSSR count). The number of rotatable bonds is 3. The number of carbonyl (C=O) groups excluding carboxylic acids is 1. The molecule has 0 N–H and O–H groups in total. The zero-order chi connectivity index (χ0) is 21.3. The highest BCUT2D eigenvalue weighted by molar-refractivity contribution is 6.14. The van der Waals surface area contributed by atoms with E-state index in [2.05, 4.69) is 0 Å². The number of hydrogen-bond acceptors (Lipinski definition) is 2. The minimum Gasteiger partial charge on any atom is -0.295 e. The van der Waals surface area contributed by atoms with E-state index in [1.54, 1.807) is 11.8 Å². The Kier molecular flexibility index (Phi) is 5.93. The topological polar surface area (TPSA) is 20.3 Å². The van der Waals surface area contributed by atoms with Crippen LogP contribution in [-0.4, -0.2) is 30.3 Å². The van der Waals surface area contributed by atoms with E-state index in [0.717, 1.165) is 12.2 Å². The van der Waals surface area contributed by atoms with Crippen molar-refractivity contribution < 1.29 is 31.1 Å². The molecule has 0 bridgehead atoms. The zero-order valence-corrected chi connectivity index (χ0v) is 15.2. The van der Waals surface area contributed by atoms with E-state index in [1.165, 1.54) is 0 Å². The number of nitrogens with zero attached hydrogens (tertiary/aromatic N) is 1. The first kappa shape index (κ1) is 20.9. The quantitative estimate of drug-likeness (QED) is 0.407. The third-order valence-electron chi connectivity index (χ3n) is 4.56. The van der Waals surface area contributed by atoms with Gasteiger partial charge in [0, 0.05) is 47.5 Å². The summed E-state index contributed by atoms with van der Waals surface area (Å²) in [5.74, 6) is -7.93. The Morgan fingerprint density at radius 3 is 1.48 bits per heavy atom. The lowest BCUT2D eigenvalue weighted by Gasteiger charge is -2.28. The summed E-state index contributed by atoms with van der Waals surface area (Å²) in [6.07, 6.45) is 2.19. The molecule has 0 unspecified atom stereocenters. The standard InChI is InChI=1S/C21H15F6NO/c1-2-28-9-13(3-11-5-17(24)19(26)7-15(11)22)21(29)14(10-28)4-12-6-18(25)20(27)8-16(12)23/h3-8H,2,9-10H2,1H3/b13-3+,14-4+. The molecular formula is C21H15F6NO. The number of Topliss-reactive ketones (excluding diaryl/α,β-unsaturated/α-hetero) is 1. The van der Waals surface area contributed by atoms with E-state index in [9.17, 15) is 31.1 Å². The van der Waals surface area contributed by atoms with Crippen molar-refractivity contribution in [2.75, 3.05) is 19.6 Å². The van der Waals surface area contributed by atoms with Crippen molar-refractivity contribution in [3.8, 4) is 0 Å². The molecule has 0 atom stereocenters. The molecule has 1 aliphatic rings.